The third-order valence-electron chi connectivity index (χ3n) is 2.22. The highest BCUT2D eigenvalue weighted by atomic mass is 16.1. The van der Waals surface area contributed by atoms with Crippen LogP contribution in [0.4, 0.5) is 0 Å². The van der Waals surface area contributed by atoms with E-state index < -0.39 is 0 Å². The molecular formula is C13H17NO. The zero-order valence-corrected chi connectivity index (χ0v) is 9.29. The first kappa shape index (κ1) is 11.5. The van der Waals surface area contributed by atoms with E-state index in [1.165, 1.54) is 11.6 Å². The van der Waals surface area contributed by atoms with Gasteiger partial charge in [-0.3, -0.25) is 4.79 Å². The molecule has 0 unspecified atom stereocenters. The van der Waals surface area contributed by atoms with Crippen molar-refractivity contribution in [3.05, 3.63) is 47.5 Å². The van der Waals surface area contributed by atoms with Gasteiger partial charge >= 0.3 is 0 Å². The van der Waals surface area contributed by atoms with E-state index >= 15 is 0 Å². The summed E-state index contributed by atoms with van der Waals surface area (Å²) in [6.45, 7) is 4.55. The molecule has 0 radical (unpaired) electrons. The largest absolute Gasteiger partial charge is 0.348 e. The van der Waals surface area contributed by atoms with E-state index in [0.29, 0.717) is 6.54 Å². The molecule has 0 aliphatic heterocycles. The Kier molecular flexibility index (Phi) is 4.61. The number of aryl methyl sites for hydroxylation is 1. The van der Waals surface area contributed by atoms with Crippen LogP contribution in [0.15, 0.2) is 36.4 Å². The maximum atomic E-state index is 11.1. The molecule has 0 spiro atoms. The van der Waals surface area contributed by atoms with Crippen molar-refractivity contribution < 1.29 is 4.79 Å². The smallest absolute Gasteiger partial charge is 0.243 e. The van der Waals surface area contributed by atoms with Gasteiger partial charge in [0.25, 0.3) is 0 Å². The predicted molar refractivity (Wildman–Crippen MR) is 62.5 cm³/mol. The first-order valence-corrected chi connectivity index (χ1v) is 5.24. The van der Waals surface area contributed by atoms with Gasteiger partial charge in [-0.1, -0.05) is 37.3 Å². The molecule has 1 aromatic rings. The molecule has 1 N–H and O–H groups in total. The summed E-state index contributed by atoms with van der Waals surface area (Å²) < 4.78 is 0. The number of carbonyl (C=O) groups is 1. The summed E-state index contributed by atoms with van der Waals surface area (Å²) in [7, 11) is 0. The van der Waals surface area contributed by atoms with Gasteiger partial charge < -0.3 is 5.32 Å². The van der Waals surface area contributed by atoms with Gasteiger partial charge in [0, 0.05) is 6.54 Å². The monoisotopic (exact) mass is 203 g/mol. The summed E-state index contributed by atoms with van der Waals surface area (Å²) in [5.41, 5.74) is 2.45. The molecule has 1 rings (SSSR count). The van der Waals surface area contributed by atoms with E-state index in [1.807, 2.05) is 6.92 Å². The minimum Gasteiger partial charge on any atom is -0.348 e. The molecule has 1 aromatic carbocycles. The summed E-state index contributed by atoms with van der Waals surface area (Å²) in [6.07, 6.45) is 4.31. The number of allylic oxidation sites excluding steroid dienone is 1. The van der Waals surface area contributed by atoms with Gasteiger partial charge in [0.2, 0.25) is 5.91 Å². The second-order valence-corrected chi connectivity index (χ2v) is 3.39. The standard InChI is InChI=1S/C13H17NO/c1-3-5-13(15)14-10-12-8-6-11(4-2)7-9-12/h3,5-9H,4,10H2,1-2H3,(H,14,15)/b5-3+. The number of carbonyl (C=O) groups excluding carboxylic acids is 1. The van der Waals surface area contributed by atoms with Gasteiger partial charge in [-0.25, -0.2) is 0 Å². The molecule has 2 nitrogen and oxygen atoms in total. The van der Waals surface area contributed by atoms with E-state index in [2.05, 4.69) is 36.5 Å². The summed E-state index contributed by atoms with van der Waals surface area (Å²) in [5, 5.41) is 2.81. The highest BCUT2D eigenvalue weighted by Gasteiger charge is 1.96. The topological polar surface area (TPSA) is 29.1 Å². The van der Waals surface area contributed by atoms with Crippen LogP contribution in [0.25, 0.3) is 0 Å². The lowest BCUT2D eigenvalue weighted by atomic mass is 10.1. The lowest BCUT2D eigenvalue weighted by molar-refractivity contribution is -0.116. The zero-order valence-electron chi connectivity index (χ0n) is 9.29. The van der Waals surface area contributed by atoms with Crippen LogP contribution in [0, 0.1) is 0 Å². The third kappa shape index (κ3) is 3.98. The molecule has 0 atom stereocenters. The molecule has 0 bridgehead atoms. The van der Waals surface area contributed by atoms with Crippen LogP contribution in [-0.2, 0) is 17.8 Å². The van der Waals surface area contributed by atoms with Crippen LogP contribution in [0.3, 0.4) is 0 Å². The molecule has 0 aliphatic rings. The van der Waals surface area contributed by atoms with Gasteiger partial charge in [-0.2, -0.15) is 0 Å². The molecule has 0 saturated carbocycles. The van der Waals surface area contributed by atoms with E-state index in [-0.39, 0.29) is 5.91 Å². The molecule has 15 heavy (non-hydrogen) atoms. The Hall–Kier alpha value is -1.57. The first-order chi connectivity index (χ1) is 7.26. The second kappa shape index (κ2) is 6.02. The van der Waals surface area contributed by atoms with Crippen LogP contribution in [0.5, 0.6) is 0 Å². The highest BCUT2D eigenvalue weighted by Crippen LogP contribution is 2.04. The molecule has 0 fully saturated rings. The van der Waals surface area contributed by atoms with Gasteiger partial charge in [-0.15, -0.1) is 0 Å². The van der Waals surface area contributed by atoms with Crippen molar-refractivity contribution in [3.63, 3.8) is 0 Å². The SMILES string of the molecule is C/C=C/C(=O)NCc1ccc(CC)cc1. The zero-order chi connectivity index (χ0) is 11.1. The van der Waals surface area contributed by atoms with E-state index in [1.54, 1.807) is 6.08 Å². The molecule has 0 heterocycles. The molecule has 80 valence electrons. The predicted octanol–water partition coefficient (Wildman–Crippen LogP) is 2.44. The van der Waals surface area contributed by atoms with E-state index in [9.17, 15) is 4.79 Å². The summed E-state index contributed by atoms with van der Waals surface area (Å²) in [5.74, 6) is -0.0444. The summed E-state index contributed by atoms with van der Waals surface area (Å²) >= 11 is 0. The first-order valence-electron chi connectivity index (χ1n) is 5.24. The van der Waals surface area contributed by atoms with Crippen molar-refractivity contribution in [1.29, 1.82) is 0 Å². The van der Waals surface area contributed by atoms with Gasteiger partial charge in [0.05, 0.1) is 0 Å². The number of amides is 1. The number of benzene rings is 1. The Balaban J connectivity index is 2.47. The van der Waals surface area contributed by atoms with Crippen molar-refractivity contribution in [1.82, 2.24) is 5.32 Å². The average molecular weight is 203 g/mol. The van der Waals surface area contributed by atoms with Crippen LogP contribution in [0.2, 0.25) is 0 Å². The number of hydrogen-bond donors (Lipinski definition) is 1. The van der Waals surface area contributed by atoms with Crippen molar-refractivity contribution >= 4 is 5.91 Å². The van der Waals surface area contributed by atoms with Crippen molar-refractivity contribution in [2.75, 3.05) is 0 Å². The fraction of sp³-hybridized carbons (Fsp3) is 0.308. The van der Waals surface area contributed by atoms with Crippen LogP contribution >= 0.6 is 0 Å². The number of nitrogens with one attached hydrogen (secondary N) is 1. The Morgan fingerprint density at radius 3 is 2.40 bits per heavy atom. The van der Waals surface area contributed by atoms with Gasteiger partial charge in [0.1, 0.15) is 0 Å². The van der Waals surface area contributed by atoms with Crippen molar-refractivity contribution in [3.8, 4) is 0 Å². The van der Waals surface area contributed by atoms with Crippen LogP contribution in [0.1, 0.15) is 25.0 Å². The Morgan fingerprint density at radius 1 is 1.27 bits per heavy atom. The lowest BCUT2D eigenvalue weighted by Crippen LogP contribution is -2.20. The fourth-order valence-electron chi connectivity index (χ4n) is 1.29. The van der Waals surface area contributed by atoms with Gasteiger partial charge in [-0.05, 0) is 30.5 Å². The van der Waals surface area contributed by atoms with Crippen LogP contribution in [-0.4, -0.2) is 5.91 Å². The van der Waals surface area contributed by atoms with Crippen LogP contribution < -0.4 is 5.32 Å². The van der Waals surface area contributed by atoms with E-state index in [0.717, 1.165) is 12.0 Å². The minimum atomic E-state index is -0.0444. The quantitative estimate of drug-likeness (QED) is 0.748. The number of hydrogen-bond acceptors (Lipinski definition) is 1. The highest BCUT2D eigenvalue weighted by molar-refractivity contribution is 5.87. The lowest BCUT2D eigenvalue weighted by Gasteiger charge is -2.03. The fourth-order valence-corrected chi connectivity index (χ4v) is 1.29. The third-order valence-corrected chi connectivity index (χ3v) is 2.22. The Labute approximate surface area is 91.0 Å². The maximum Gasteiger partial charge on any atom is 0.243 e. The molecule has 0 aromatic heterocycles. The molecule has 0 aliphatic carbocycles. The van der Waals surface area contributed by atoms with Gasteiger partial charge in [0.15, 0.2) is 0 Å². The summed E-state index contributed by atoms with van der Waals surface area (Å²) in [6, 6.07) is 8.29. The summed E-state index contributed by atoms with van der Waals surface area (Å²) in [4.78, 5) is 11.1. The van der Waals surface area contributed by atoms with Crippen molar-refractivity contribution in [2.45, 2.75) is 26.8 Å². The molecular weight excluding hydrogens is 186 g/mol. The second-order valence-electron chi connectivity index (χ2n) is 3.39. The molecule has 2 heteroatoms. The Bertz CT molecular complexity index is 338. The number of rotatable bonds is 4. The molecule has 1 amide bonds. The Morgan fingerprint density at radius 2 is 1.87 bits per heavy atom. The minimum absolute atomic E-state index is 0.0444. The normalized spacial score (nSPS) is 10.5. The maximum absolute atomic E-state index is 11.1. The van der Waals surface area contributed by atoms with Crippen molar-refractivity contribution in [2.24, 2.45) is 0 Å². The average Bonchev–Trinajstić information content (AvgIpc) is 2.27. The molecule has 0 saturated heterocycles. The van der Waals surface area contributed by atoms with E-state index in [4.69, 9.17) is 0 Å².